The van der Waals surface area contributed by atoms with Crippen molar-refractivity contribution in [3.05, 3.63) is 97.3 Å². The standard InChI is InChI=1S/C20H16N3.HI/c1-4-10-17(11-5-1)20-21-23(19-14-8-3-9-15-19)16-22(20)18-12-6-2-7-13-18;/h1-16H;1H/q+1;/p-1. The van der Waals surface area contributed by atoms with Crippen LogP contribution in [0.25, 0.3) is 22.8 Å². The van der Waals surface area contributed by atoms with E-state index in [1.165, 1.54) is 0 Å². The molecule has 0 spiro atoms. The molecular formula is C20H16IN3. The number of rotatable bonds is 3. The van der Waals surface area contributed by atoms with E-state index < -0.39 is 0 Å². The molecule has 0 bridgehead atoms. The number of para-hydroxylation sites is 2. The fourth-order valence-corrected chi connectivity index (χ4v) is 2.61. The highest BCUT2D eigenvalue weighted by Gasteiger charge is 2.21. The molecule has 3 aromatic carbocycles. The van der Waals surface area contributed by atoms with Crippen molar-refractivity contribution < 1.29 is 28.5 Å². The molecule has 4 heteroatoms. The summed E-state index contributed by atoms with van der Waals surface area (Å²) >= 11 is 0. The molecule has 0 radical (unpaired) electrons. The third-order valence-electron chi connectivity index (χ3n) is 3.74. The second-order valence-corrected chi connectivity index (χ2v) is 5.29. The van der Waals surface area contributed by atoms with Crippen molar-refractivity contribution in [2.45, 2.75) is 0 Å². The van der Waals surface area contributed by atoms with Crippen LogP contribution in [0.3, 0.4) is 0 Å². The van der Waals surface area contributed by atoms with Crippen LogP contribution in [0.15, 0.2) is 97.3 Å². The summed E-state index contributed by atoms with van der Waals surface area (Å²) in [5.41, 5.74) is 3.22. The van der Waals surface area contributed by atoms with Gasteiger partial charge < -0.3 is 24.0 Å². The van der Waals surface area contributed by atoms with Crippen molar-refractivity contribution in [3.63, 3.8) is 0 Å². The zero-order valence-corrected chi connectivity index (χ0v) is 15.1. The Morgan fingerprint density at radius 1 is 0.667 bits per heavy atom. The first-order chi connectivity index (χ1) is 11.4. The smallest absolute Gasteiger partial charge is 0.314 e. The van der Waals surface area contributed by atoms with Gasteiger partial charge in [-0.25, -0.2) is 0 Å². The van der Waals surface area contributed by atoms with Crippen molar-refractivity contribution >= 4 is 0 Å². The highest BCUT2D eigenvalue weighted by atomic mass is 127. The van der Waals surface area contributed by atoms with E-state index in [4.69, 9.17) is 5.10 Å². The Hall–Kier alpha value is -2.47. The Kier molecular flexibility index (Phi) is 5.05. The summed E-state index contributed by atoms with van der Waals surface area (Å²) in [5.74, 6) is 0.917. The highest BCUT2D eigenvalue weighted by molar-refractivity contribution is 5.52. The summed E-state index contributed by atoms with van der Waals surface area (Å²) in [6, 6.07) is 30.7. The number of hydrogen-bond donors (Lipinski definition) is 0. The van der Waals surface area contributed by atoms with Gasteiger partial charge in [-0.1, -0.05) is 59.3 Å². The Balaban J connectivity index is 0.00000169. The fraction of sp³-hybridized carbons (Fsp3) is 0. The van der Waals surface area contributed by atoms with Crippen LogP contribution in [-0.2, 0) is 0 Å². The lowest BCUT2D eigenvalue weighted by Gasteiger charge is -1.99. The van der Waals surface area contributed by atoms with Crippen molar-refractivity contribution in [2.75, 3.05) is 0 Å². The molecule has 0 N–H and O–H groups in total. The summed E-state index contributed by atoms with van der Waals surface area (Å²) < 4.78 is 4.03. The van der Waals surface area contributed by atoms with Crippen molar-refractivity contribution in [3.8, 4) is 22.8 Å². The van der Waals surface area contributed by atoms with Crippen LogP contribution in [0, 0.1) is 0 Å². The third kappa shape index (κ3) is 3.23. The minimum atomic E-state index is 0. The molecule has 0 aliphatic carbocycles. The molecule has 3 nitrogen and oxygen atoms in total. The van der Waals surface area contributed by atoms with Crippen molar-refractivity contribution in [1.29, 1.82) is 0 Å². The van der Waals surface area contributed by atoms with E-state index in [2.05, 4.69) is 41.0 Å². The maximum Gasteiger partial charge on any atom is 0.314 e. The maximum atomic E-state index is 4.81. The number of hydrogen-bond acceptors (Lipinski definition) is 1. The molecule has 0 aliphatic heterocycles. The Bertz CT molecular complexity index is 847. The number of halogens is 1. The predicted octanol–water partition coefficient (Wildman–Crippen LogP) is 0.820. The van der Waals surface area contributed by atoms with E-state index >= 15 is 0 Å². The second kappa shape index (κ2) is 7.40. The predicted molar refractivity (Wildman–Crippen MR) is 90.5 cm³/mol. The van der Waals surface area contributed by atoms with Gasteiger partial charge in [0.15, 0.2) is 0 Å². The van der Waals surface area contributed by atoms with Crippen molar-refractivity contribution in [2.24, 2.45) is 0 Å². The largest absolute Gasteiger partial charge is 1.00 e. The van der Waals surface area contributed by atoms with Gasteiger partial charge in [-0.2, -0.15) is 4.57 Å². The van der Waals surface area contributed by atoms with Gasteiger partial charge in [0.25, 0.3) is 0 Å². The molecule has 0 unspecified atom stereocenters. The minimum Gasteiger partial charge on any atom is -1.00 e. The SMILES string of the molecule is [I-].c1ccc(-c2nn(-c3ccccc3)c[n+]2-c2ccccc2)cc1. The minimum absolute atomic E-state index is 0. The molecule has 0 atom stereocenters. The first-order valence-corrected chi connectivity index (χ1v) is 7.59. The summed E-state index contributed by atoms with van der Waals surface area (Å²) in [4.78, 5) is 0. The van der Waals surface area contributed by atoms with Crippen LogP contribution in [0.5, 0.6) is 0 Å². The zero-order chi connectivity index (χ0) is 15.5. The molecule has 0 amide bonds. The Morgan fingerprint density at radius 2 is 1.21 bits per heavy atom. The van der Waals surface area contributed by atoms with E-state index in [0.29, 0.717) is 0 Å². The zero-order valence-electron chi connectivity index (χ0n) is 13.0. The molecule has 0 saturated carbocycles. The van der Waals surface area contributed by atoms with Crippen LogP contribution < -0.4 is 28.5 Å². The summed E-state index contributed by atoms with van der Waals surface area (Å²) in [6.07, 6.45) is 2.02. The van der Waals surface area contributed by atoms with Crippen LogP contribution >= 0.6 is 0 Å². The van der Waals surface area contributed by atoms with E-state index in [9.17, 15) is 0 Å². The molecule has 1 heterocycles. The van der Waals surface area contributed by atoms with Crippen LogP contribution in [0.4, 0.5) is 0 Å². The van der Waals surface area contributed by atoms with E-state index in [0.717, 1.165) is 22.8 Å². The number of benzene rings is 3. The first-order valence-electron chi connectivity index (χ1n) is 7.59. The molecule has 4 aromatic rings. The van der Waals surface area contributed by atoms with Gasteiger partial charge >= 0.3 is 5.82 Å². The van der Waals surface area contributed by atoms with Gasteiger partial charge in [-0.3, -0.25) is 0 Å². The molecule has 0 fully saturated rings. The summed E-state index contributed by atoms with van der Waals surface area (Å²) in [5, 5.41) is 4.81. The van der Waals surface area contributed by atoms with Crippen LogP contribution in [-0.4, -0.2) is 9.78 Å². The van der Waals surface area contributed by atoms with E-state index in [1.54, 1.807) is 0 Å². The van der Waals surface area contributed by atoms with Gasteiger partial charge in [0.05, 0.1) is 10.7 Å². The van der Waals surface area contributed by atoms with Gasteiger partial charge in [0.2, 0.25) is 6.33 Å². The van der Waals surface area contributed by atoms with Crippen LogP contribution in [0.1, 0.15) is 0 Å². The van der Waals surface area contributed by atoms with Crippen LogP contribution in [0.2, 0.25) is 0 Å². The number of nitrogens with zero attached hydrogens (tertiary/aromatic N) is 3. The van der Waals surface area contributed by atoms with Gasteiger partial charge in [0, 0.05) is 0 Å². The van der Waals surface area contributed by atoms with E-state index in [1.807, 2.05) is 65.6 Å². The summed E-state index contributed by atoms with van der Waals surface area (Å²) in [6.45, 7) is 0. The van der Waals surface area contributed by atoms with E-state index in [-0.39, 0.29) is 24.0 Å². The second-order valence-electron chi connectivity index (χ2n) is 5.29. The van der Waals surface area contributed by atoms with Gasteiger partial charge in [-0.05, 0) is 36.4 Å². The lowest BCUT2D eigenvalue weighted by molar-refractivity contribution is -0.584. The first kappa shape index (κ1) is 16.4. The average molecular weight is 425 g/mol. The molecule has 0 saturated heterocycles. The topological polar surface area (TPSA) is 21.7 Å². The lowest BCUT2D eigenvalue weighted by Crippen LogP contribution is -3.00. The van der Waals surface area contributed by atoms with Gasteiger partial charge in [0.1, 0.15) is 11.4 Å². The quantitative estimate of drug-likeness (QED) is 0.352. The molecule has 1 aromatic heterocycles. The molecule has 4 rings (SSSR count). The number of aromatic nitrogens is 3. The molecule has 0 aliphatic rings. The Morgan fingerprint density at radius 3 is 1.83 bits per heavy atom. The van der Waals surface area contributed by atoms with Gasteiger partial charge in [-0.15, -0.1) is 0 Å². The molecular weight excluding hydrogens is 409 g/mol. The Labute approximate surface area is 158 Å². The fourth-order valence-electron chi connectivity index (χ4n) is 2.61. The van der Waals surface area contributed by atoms with Crippen molar-refractivity contribution in [1.82, 2.24) is 9.78 Å². The average Bonchev–Trinajstić information content (AvgIpc) is 3.09. The lowest BCUT2D eigenvalue weighted by atomic mass is 10.2. The molecule has 24 heavy (non-hydrogen) atoms. The summed E-state index contributed by atoms with van der Waals surface area (Å²) in [7, 11) is 0. The maximum absolute atomic E-state index is 4.81. The highest BCUT2D eigenvalue weighted by Crippen LogP contribution is 2.16. The monoisotopic (exact) mass is 425 g/mol. The molecule has 118 valence electrons. The normalized spacial score (nSPS) is 10.2. The third-order valence-corrected chi connectivity index (χ3v) is 3.74.